The molecule has 1 spiro atoms. The molecular weight excluding hydrogens is 982 g/mol. The molecule has 0 saturated carbocycles. The Morgan fingerprint density at radius 2 is 1.01 bits per heavy atom. The van der Waals surface area contributed by atoms with Crippen LogP contribution in [0.4, 0.5) is 34.1 Å². The Balaban J connectivity index is 1.02. The summed E-state index contributed by atoms with van der Waals surface area (Å²) < 4.78 is 7.91. The first-order valence-electron chi connectivity index (χ1n) is 29.2. The van der Waals surface area contributed by atoms with Gasteiger partial charge < -0.3 is 14.2 Å². The van der Waals surface area contributed by atoms with Crippen molar-refractivity contribution in [2.45, 2.75) is 110 Å². The first-order chi connectivity index (χ1) is 38.7. The van der Waals surface area contributed by atoms with E-state index in [9.17, 15) is 0 Å². The lowest BCUT2D eigenvalue weighted by Crippen LogP contribution is -2.61. The average molecular weight is 1050 g/mol. The topological polar surface area (TPSA) is 32.5 Å². The molecule has 2 aromatic heterocycles. The van der Waals surface area contributed by atoms with Crippen LogP contribution in [0.1, 0.15) is 128 Å². The summed E-state index contributed by atoms with van der Waals surface area (Å²) in [5.74, 6) is 0. The highest BCUT2D eigenvalue weighted by Crippen LogP contribution is 2.67. The van der Waals surface area contributed by atoms with E-state index in [2.05, 4.69) is 269 Å². The summed E-state index contributed by atoms with van der Waals surface area (Å²) in [5.41, 5.74) is 30.9. The molecule has 4 heterocycles. The predicted molar refractivity (Wildman–Crippen MR) is 341 cm³/mol. The number of fused-ring (bicyclic) bond motifs is 16. The molecule has 11 aromatic rings. The quantitative estimate of drug-likeness (QED) is 0.162. The Kier molecular flexibility index (Phi) is 9.55. The number of hydrogen-bond acceptors (Lipinski definition) is 4. The lowest BCUT2D eigenvalue weighted by atomic mass is 9.35. The third kappa shape index (κ3) is 6.47. The minimum absolute atomic E-state index is 0.0134. The average Bonchev–Trinajstić information content (AvgIpc) is 1.86. The van der Waals surface area contributed by atoms with Crippen molar-refractivity contribution in [2.75, 3.05) is 9.80 Å². The molecule has 3 aliphatic carbocycles. The van der Waals surface area contributed by atoms with Crippen molar-refractivity contribution in [1.82, 2.24) is 4.98 Å². The Hall–Kier alpha value is -8.41. The van der Waals surface area contributed by atoms with Gasteiger partial charge in [-0.15, -0.1) is 0 Å². The number of benzene rings is 9. The number of anilines is 6. The minimum atomic E-state index is -0.654. The van der Waals surface area contributed by atoms with E-state index in [-0.39, 0.29) is 28.4 Å². The second-order valence-electron chi connectivity index (χ2n) is 27.9. The standard InChI is InChI=1S/C76H66BN3O/c1-72(2,3)44-24-29-48(30-25-44)79-62-37-46(74(7,8)9)28-34-61(62)77-69-63(79)38-47(75(10,11)12)39-64(69)80(49-31-26-45(27-32-49)73(4,5)6)70-56-40-55-52-35-36-78-42-60(52)76(59(55)41-65(56)81-71(70)77)57-22-16-21-54-51-19-14-13-18-50(51)53-20-15-17-43-23-33-58(76)68(66(43)53)67(54)57/h13-42H,1-12H3. The van der Waals surface area contributed by atoms with Gasteiger partial charge >= 0.3 is 0 Å². The normalized spacial score (nSPS) is 16.1. The van der Waals surface area contributed by atoms with Gasteiger partial charge in [0.1, 0.15) is 5.58 Å². The maximum absolute atomic E-state index is 7.91. The summed E-state index contributed by atoms with van der Waals surface area (Å²) in [4.78, 5) is 10.1. The number of nitrogens with zero attached hydrogens (tertiary/aromatic N) is 3. The Bertz CT molecular complexity index is 4570. The summed E-state index contributed by atoms with van der Waals surface area (Å²) >= 11 is 0. The van der Waals surface area contributed by atoms with Gasteiger partial charge in [-0.1, -0.05) is 192 Å². The molecule has 81 heavy (non-hydrogen) atoms. The van der Waals surface area contributed by atoms with Crippen LogP contribution in [0, 0.1) is 0 Å². The smallest absolute Gasteiger partial charge is 0.297 e. The number of pyridine rings is 1. The molecule has 0 amide bonds. The van der Waals surface area contributed by atoms with Crippen molar-refractivity contribution >= 4 is 79.2 Å². The molecule has 0 bridgehead atoms. The Morgan fingerprint density at radius 1 is 0.432 bits per heavy atom. The predicted octanol–water partition coefficient (Wildman–Crippen LogP) is 18.2. The zero-order valence-electron chi connectivity index (χ0n) is 48.6. The van der Waals surface area contributed by atoms with Gasteiger partial charge in [-0.25, -0.2) is 0 Å². The molecule has 5 heteroatoms. The van der Waals surface area contributed by atoms with Crippen LogP contribution in [0.25, 0.3) is 66.2 Å². The van der Waals surface area contributed by atoms with E-state index in [0.717, 1.165) is 33.7 Å². The third-order valence-electron chi connectivity index (χ3n) is 19.1. The van der Waals surface area contributed by atoms with Crippen molar-refractivity contribution in [3.63, 3.8) is 0 Å². The highest BCUT2D eigenvalue weighted by atomic mass is 16.3. The molecule has 1 atom stereocenters. The lowest BCUT2D eigenvalue weighted by molar-refractivity contribution is 0.589. The van der Waals surface area contributed by atoms with Gasteiger partial charge in [-0.3, -0.25) is 4.98 Å². The van der Waals surface area contributed by atoms with Crippen LogP contribution in [0.5, 0.6) is 0 Å². The molecule has 2 aliphatic heterocycles. The van der Waals surface area contributed by atoms with Crippen LogP contribution >= 0.6 is 0 Å². The molecule has 0 N–H and O–H groups in total. The molecule has 0 saturated heterocycles. The number of aromatic nitrogens is 1. The molecule has 0 fully saturated rings. The fraction of sp³-hybridized carbons (Fsp3) is 0.224. The lowest BCUT2D eigenvalue weighted by Gasteiger charge is -2.44. The maximum Gasteiger partial charge on any atom is 0.297 e. The Labute approximate surface area is 477 Å². The number of rotatable bonds is 2. The zero-order valence-corrected chi connectivity index (χ0v) is 48.6. The molecule has 0 radical (unpaired) electrons. The summed E-state index contributed by atoms with van der Waals surface area (Å²) in [6.07, 6.45) is 4.15. The molecule has 1 unspecified atom stereocenters. The molecule has 9 aromatic carbocycles. The van der Waals surface area contributed by atoms with Crippen molar-refractivity contribution < 1.29 is 4.42 Å². The molecule has 4 nitrogen and oxygen atoms in total. The summed E-state index contributed by atoms with van der Waals surface area (Å²) in [7, 11) is 0. The van der Waals surface area contributed by atoms with Crippen LogP contribution in [-0.4, -0.2) is 11.7 Å². The van der Waals surface area contributed by atoms with Crippen molar-refractivity contribution in [3.8, 4) is 44.5 Å². The molecular formula is C76H66BN3O. The SMILES string of the molecule is CC(C)(C)c1ccc(N2c3cc(C(C)(C)C)ccc3B3c4oc5cc6c(cc5c4N(c4ccc(C(C)(C)C)cc4)c4cc(C(C)(C)C)cc2c43)-c2ccncc2C62c3cccc4c3-c3c2ccc2cccc(c32)-c2ccccc2-4)cc1. The van der Waals surface area contributed by atoms with E-state index >= 15 is 0 Å². The van der Waals surface area contributed by atoms with Crippen LogP contribution in [0.3, 0.4) is 0 Å². The van der Waals surface area contributed by atoms with Crippen molar-refractivity contribution in [1.29, 1.82) is 0 Å². The fourth-order valence-electron chi connectivity index (χ4n) is 15.0. The monoisotopic (exact) mass is 1050 g/mol. The van der Waals surface area contributed by atoms with E-state index in [1.165, 1.54) is 128 Å². The van der Waals surface area contributed by atoms with Gasteiger partial charge in [-0.05, 0) is 193 Å². The van der Waals surface area contributed by atoms with Gasteiger partial charge in [0.2, 0.25) is 0 Å². The van der Waals surface area contributed by atoms with E-state index in [1.807, 2.05) is 6.20 Å². The number of furan rings is 1. The van der Waals surface area contributed by atoms with Crippen molar-refractivity contribution in [3.05, 3.63) is 227 Å². The summed E-state index contributed by atoms with van der Waals surface area (Å²) in [5, 5.41) is 3.68. The van der Waals surface area contributed by atoms with Gasteiger partial charge in [-0.2, -0.15) is 0 Å². The minimum Gasteiger partial charge on any atom is -0.468 e. The summed E-state index contributed by atoms with van der Waals surface area (Å²) in [6.45, 7) is 27.7. The van der Waals surface area contributed by atoms with E-state index < -0.39 is 5.41 Å². The molecule has 5 aliphatic rings. The summed E-state index contributed by atoms with van der Waals surface area (Å²) in [6, 6.07) is 66.0. The van der Waals surface area contributed by atoms with Gasteiger partial charge in [0.15, 0.2) is 0 Å². The third-order valence-corrected chi connectivity index (χ3v) is 19.1. The maximum atomic E-state index is 7.91. The van der Waals surface area contributed by atoms with E-state index in [0.29, 0.717) is 0 Å². The van der Waals surface area contributed by atoms with Crippen LogP contribution in [0.2, 0.25) is 0 Å². The largest absolute Gasteiger partial charge is 0.468 e. The second-order valence-corrected chi connectivity index (χ2v) is 27.9. The van der Waals surface area contributed by atoms with Crippen molar-refractivity contribution in [2.24, 2.45) is 0 Å². The molecule has 16 rings (SSSR count). The zero-order chi connectivity index (χ0) is 55.6. The van der Waals surface area contributed by atoms with Crippen LogP contribution < -0.4 is 26.4 Å². The fourth-order valence-corrected chi connectivity index (χ4v) is 15.0. The molecule has 394 valence electrons. The van der Waals surface area contributed by atoms with Crippen LogP contribution in [0.15, 0.2) is 187 Å². The van der Waals surface area contributed by atoms with Crippen LogP contribution in [-0.2, 0) is 27.1 Å². The van der Waals surface area contributed by atoms with E-state index in [1.54, 1.807) is 0 Å². The van der Waals surface area contributed by atoms with Gasteiger partial charge in [0, 0.05) is 46.2 Å². The van der Waals surface area contributed by atoms with Gasteiger partial charge in [0.25, 0.3) is 6.71 Å². The number of hydrogen-bond donors (Lipinski definition) is 0. The first kappa shape index (κ1) is 48.5. The highest BCUT2D eigenvalue weighted by Gasteiger charge is 2.55. The van der Waals surface area contributed by atoms with E-state index in [4.69, 9.17) is 9.40 Å². The Morgan fingerprint density at radius 3 is 1.69 bits per heavy atom. The highest BCUT2D eigenvalue weighted by molar-refractivity contribution is 7.00. The van der Waals surface area contributed by atoms with Gasteiger partial charge in [0.05, 0.1) is 16.8 Å². The second kappa shape index (κ2) is 15.9. The first-order valence-corrected chi connectivity index (χ1v) is 29.2.